The van der Waals surface area contributed by atoms with E-state index in [2.05, 4.69) is 41.2 Å². The number of Topliss-reactive ketones (excluding diaryl/α,β-unsaturated/α-hetero) is 3. The smallest absolute Gasteiger partial charge is 0.390 e. The van der Waals surface area contributed by atoms with Crippen LogP contribution in [0.4, 0.5) is 13.2 Å². The Bertz CT molecular complexity index is 3420. The number of ketones is 3. The Morgan fingerprint density at radius 2 is 0.838 bits per heavy atom. The van der Waals surface area contributed by atoms with Gasteiger partial charge in [-0.05, 0) is 310 Å². The number of hydrogen-bond donors (Lipinski definition) is 3. The minimum atomic E-state index is -4.50. The molecular formula is C79H117F3N8O9. The molecule has 0 bridgehead atoms. The monoisotopic (exact) mass is 1380 g/mol. The van der Waals surface area contributed by atoms with Crippen LogP contribution in [0, 0.1) is 133 Å². The lowest BCUT2D eigenvalue weighted by Gasteiger charge is -2.62. The number of halogens is 3. The maximum absolute atomic E-state index is 13.4. The van der Waals surface area contributed by atoms with E-state index in [1.54, 1.807) is 36.4 Å². The van der Waals surface area contributed by atoms with Crippen LogP contribution in [0.15, 0.2) is 36.9 Å². The summed E-state index contributed by atoms with van der Waals surface area (Å²) in [7, 11) is 5.48. The van der Waals surface area contributed by atoms with Crippen molar-refractivity contribution >= 4 is 17.3 Å². The van der Waals surface area contributed by atoms with Gasteiger partial charge in [-0.3, -0.25) is 23.7 Å². The second-order valence-electron chi connectivity index (χ2n) is 36.4. The molecule has 12 fully saturated rings. The topological polar surface area (TPSA) is 230 Å². The number of nitriles is 1. The van der Waals surface area contributed by atoms with Crippen LogP contribution in [0.5, 0.6) is 0 Å². The normalized spacial score (nSPS) is 44.8. The number of nitrogens with zero attached hydrogens (tertiary/aromatic N) is 8. The molecule has 3 aromatic rings. The zero-order valence-corrected chi connectivity index (χ0v) is 61.0. The van der Waals surface area contributed by atoms with Gasteiger partial charge in [0.05, 0.1) is 62.1 Å². The Morgan fingerprint density at radius 1 is 0.485 bits per heavy atom. The first-order valence-electron chi connectivity index (χ1n) is 38.5. The molecule has 3 aromatic heterocycles. The van der Waals surface area contributed by atoms with Crippen molar-refractivity contribution in [1.29, 1.82) is 5.26 Å². The fraction of sp³-hybridized carbons (Fsp3) is 0.848. The fourth-order valence-corrected chi connectivity index (χ4v) is 27.2. The summed E-state index contributed by atoms with van der Waals surface area (Å²) >= 11 is 0. The standard InChI is InChI=1S/C27H39F3N2O3.C27H39N3O3.C25H39N3O3/c1-24(34)11-12-26(16-35-3)17(14-24)4-5-18-19-6-7-21(25(19,2)10-8-20(18)26)22(33)15-32-13-9-23(31-32)27(28,29)30;1-25(32)11-12-27(17-33-3)18(14-25)4-5-20-21-6-7-23(26(21,2)10-8-22(20)27)24(31)16-30-13-9-19(15-28)29-30;1-23(30)10-11-25(16-31-3)17(14-23)4-5-18-19-6-7-21(24(19,2)9-8-20(18)25)22(29)15-28-26-12-13-27-28/h9,13,17-21,34H,4-8,10-12,14-16H2,1-3H3;9,13,18,20-23,32H,4-8,10-12,14,16-17H2,1-3H3;12-13,17-21,30H,4-11,14-16H2,1-3H3/t17-,18+,19+,20+,21-,24-,25+,26-;18-,20+,21+,22+,23-,25-,26+,27-;17-,18+,19+,20+,21-,23-,24+,25-/m111/s1. The summed E-state index contributed by atoms with van der Waals surface area (Å²) in [4.78, 5) is 41.6. The highest BCUT2D eigenvalue weighted by Crippen LogP contribution is 2.72. The van der Waals surface area contributed by atoms with Gasteiger partial charge in [-0.1, -0.05) is 20.8 Å². The van der Waals surface area contributed by atoms with E-state index in [4.69, 9.17) is 19.5 Å². The molecule has 12 saturated carbocycles. The van der Waals surface area contributed by atoms with Gasteiger partial charge in [0.1, 0.15) is 12.6 Å². The SMILES string of the molecule is COC[C@]12CC[C@@](C)(O)C[C@H]1CC[C@H]1[C@@H]3CC[C@H](C(=O)Cn4ccc(C#N)n4)[C@@]3(C)CC[C@@H]12.COC[C@]12CC[C@@](C)(O)C[C@H]1CC[C@H]1[C@@H]3CC[C@H](C(=O)Cn4ccc(C(F)(F)F)n4)[C@@]3(C)CC[C@@H]12.COC[C@]12CC[C@@](C)(O)C[C@H]1CC[C@H]1[C@@H]3CC[C@H](C(=O)Cn4nccn4)[C@@]3(C)CC[C@@H]12. The second kappa shape index (κ2) is 27.3. The van der Waals surface area contributed by atoms with Gasteiger partial charge in [0.25, 0.3) is 0 Å². The van der Waals surface area contributed by atoms with Crippen LogP contribution in [0.3, 0.4) is 0 Å². The van der Waals surface area contributed by atoms with Gasteiger partial charge in [-0.15, -0.1) is 0 Å². The van der Waals surface area contributed by atoms with Gasteiger partial charge in [-0.2, -0.15) is 43.6 Å². The van der Waals surface area contributed by atoms with E-state index >= 15 is 0 Å². The van der Waals surface area contributed by atoms with Crippen LogP contribution in [-0.2, 0) is 54.4 Å². The van der Waals surface area contributed by atoms with Crippen molar-refractivity contribution in [3.63, 3.8) is 0 Å². The predicted octanol–water partition coefficient (Wildman–Crippen LogP) is 13.8. The lowest BCUT2D eigenvalue weighted by molar-refractivity contribution is -0.175. The molecule has 20 heteroatoms. The number of aliphatic hydroxyl groups is 3. The van der Waals surface area contributed by atoms with Crippen molar-refractivity contribution < 1.29 is 57.1 Å². The molecular weight excluding hydrogens is 1260 g/mol. The van der Waals surface area contributed by atoms with E-state index in [1.807, 2.05) is 41.1 Å². The minimum Gasteiger partial charge on any atom is -0.390 e. The lowest BCUT2D eigenvalue weighted by Crippen LogP contribution is -2.58. The molecule has 0 spiro atoms. The van der Waals surface area contributed by atoms with Crippen molar-refractivity contribution in [3.8, 4) is 6.07 Å². The van der Waals surface area contributed by atoms with Crippen molar-refractivity contribution in [3.05, 3.63) is 48.3 Å². The van der Waals surface area contributed by atoms with Crippen LogP contribution in [0.25, 0.3) is 0 Å². The quantitative estimate of drug-likeness (QED) is 0.129. The molecule has 12 aliphatic rings. The van der Waals surface area contributed by atoms with Gasteiger partial charge in [-0.25, -0.2) is 0 Å². The van der Waals surface area contributed by atoms with E-state index < -0.39 is 28.7 Å². The summed E-state index contributed by atoms with van der Waals surface area (Å²) in [6, 6.07) is 4.66. The molecule has 0 amide bonds. The fourth-order valence-electron chi connectivity index (χ4n) is 27.2. The van der Waals surface area contributed by atoms with Crippen LogP contribution in [-0.4, -0.2) is 125 Å². The largest absolute Gasteiger partial charge is 0.435 e. The summed E-state index contributed by atoms with van der Waals surface area (Å²) in [5, 5.41) is 57.6. The molecule has 24 atom stereocenters. The predicted molar refractivity (Wildman–Crippen MR) is 365 cm³/mol. The zero-order chi connectivity index (χ0) is 70.5. The van der Waals surface area contributed by atoms with Crippen molar-refractivity contribution in [1.82, 2.24) is 34.6 Å². The third-order valence-corrected chi connectivity index (χ3v) is 31.4. The molecule has 17 nitrogen and oxygen atoms in total. The number of carbonyl (C=O) groups is 3. The number of ether oxygens (including phenoxy) is 3. The highest BCUT2D eigenvalue weighted by atomic mass is 19.4. The molecule has 99 heavy (non-hydrogen) atoms. The first kappa shape index (κ1) is 72.9. The molecule has 0 aromatic carbocycles. The van der Waals surface area contributed by atoms with E-state index in [0.717, 1.165) is 159 Å². The molecule has 3 heterocycles. The average molecular weight is 1380 g/mol. The number of rotatable bonds is 15. The maximum Gasteiger partial charge on any atom is 0.435 e. The third kappa shape index (κ3) is 13.1. The highest BCUT2D eigenvalue weighted by molar-refractivity contribution is 5.83. The molecule has 15 rings (SSSR count). The van der Waals surface area contributed by atoms with Crippen molar-refractivity contribution in [2.24, 2.45) is 121 Å². The third-order valence-electron chi connectivity index (χ3n) is 31.4. The average Bonchev–Trinajstić information content (AvgIpc) is 1.71. The Labute approximate surface area is 586 Å². The lowest BCUT2D eigenvalue weighted by atomic mass is 9.43. The summed E-state index contributed by atoms with van der Waals surface area (Å²) in [5.74, 6) is 7.69. The van der Waals surface area contributed by atoms with Gasteiger partial charge in [0.15, 0.2) is 28.7 Å². The Kier molecular flexibility index (Phi) is 20.1. The Hall–Kier alpha value is -4.39. The number of alkyl halides is 3. The zero-order valence-electron chi connectivity index (χ0n) is 61.0. The van der Waals surface area contributed by atoms with Gasteiger partial charge in [0.2, 0.25) is 0 Å². The number of methoxy groups -OCH3 is 3. The Morgan fingerprint density at radius 3 is 1.17 bits per heavy atom. The Balaban J connectivity index is 0.000000134. The van der Waals surface area contributed by atoms with Gasteiger partial charge >= 0.3 is 6.18 Å². The number of aromatic nitrogens is 7. The molecule has 0 aliphatic heterocycles. The van der Waals surface area contributed by atoms with Crippen LogP contribution < -0.4 is 0 Å². The molecule has 0 unspecified atom stereocenters. The van der Waals surface area contributed by atoms with E-state index in [9.17, 15) is 42.9 Å². The molecule has 12 aliphatic carbocycles. The van der Waals surface area contributed by atoms with Gasteiger partial charge < -0.3 is 29.5 Å². The number of hydrogen-bond acceptors (Lipinski definition) is 14. The van der Waals surface area contributed by atoms with Crippen molar-refractivity contribution in [2.75, 3.05) is 41.2 Å². The van der Waals surface area contributed by atoms with E-state index in [0.29, 0.717) is 89.0 Å². The summed E-state index contributed by atoms with van der Waals surface area (Å²) in [5.41, 5.74) is -1.69. The molecule has 0 saturated heterocycles. The number of carbonyl (C=O) groups excluding carboxylic acids is 3. The van der Waals surface area contributed by atoms with Gasteiger partial charge in [0, 0.05) is 51.5 Å². The maximum atomic E-state index is 13.4. The van der Waals surface area contributed by atoms with E-state index in [-0.39, 0.29) is 74.9 Å². The molecule has 3 N–H and O–H groups in total. The highest BCUT2D eigenvalue weighted by Gasteiger charge is 2.67. The second-order valence-corrected chi connectivity index (χ2v) is 36.4. The summed E-state index contributed by atoms with van der Waals surface area (Å²) in [6.07, 6.45) is 30.0. The van der Waals surface area contributed by atoms with Crippen LogP contribution >= 0.6 is 0 Å². The van der Waals surface area contributed by atoms with E-state index in [1.165, 1.54) is 55.9 Å². The first-order valence-corrected chi connectivity index (χ1v) is 38.5. The molecule has 0 radical (unpaired) electrons. The summed E-state index contributed by atoms with van der Waals surface area (Å²) < 4.78 is 59.2. The minimum absolute atomic E-state index is 0.0132. The summed E-state index contributed by atoms with van der Waals surface area (Å²) in [6.45, 7) is 15.9. The van der Waals surface area contributed by atoms with Crippen LogP contribution in [0.2, 0.25) is 0 Å². The molecule has 548 valence electrons. The first-order chi connectivity index (χ1) is 46.9. The van der Waals surface area contributed by atoms with Crippen LogP contribution in [0.1, 0.15) is 226 Å². The van der Waals surface area contributed by atoms with Crippen molar-refractivity contribution in [2.45, 2.75) is 258 Å². The number of fused-ring (bicyclic) bond motifs is 15.